The van der Waals surface area contributed by atoms with E-state index in [1.54, 1.807) is 4.68 Å². The van der Waals surface area contributed by atoms with Gasteiger partial charge in [-0.2, -0.15) is 0 Å². The van der Waals surface area contributed by atoms with Gasteiger partial charge in [-0.15, -0.1) is 0 Å². The molecule has 0 radical (unpaired) electrons. The van der Waals surface area contributed by atoms with Crippen LogP contribution in [0, 0.1) is 12.8 Å². The first-order chi connectivity index (χ1) is 13.5. The summed E-state index contributed by atoms with van der Waals surface area (Å²) in [6.07, 6.45) is 1.18. The van der Waals surface area contributed by atoms with Gasteiger partial charge in [-0.3, -0.25) is 9.48 Å². The largest absolute Gasteiger partial charge is 0.349 e. The molecule has 3 aromatic rings. The van der Waals surface area contributed by atoms with Crippen LogP contribution in [-0.4, -0.2) is 15.9 Å². The molecular weight excluding hydrogens is 348 g/mol. The van der Waals surface area contributed by atoms with Crippen molar-refractivity contribution in [3.63, 3.8) is 0 Å². The van der Waals surface area contributed by atoms with Crippen molar-refractivity contribution >= 4 is 11.4 Å². The molecular formula is C23H30N4O. The van der Waals surface area contributed by atoms with Crippen molar-refractivity contribution in [1.82, 2.24) is 14.7 Å². The number of hydrogen-bond donors (Lipinski definition) is 2. The van der Waals surface area contributed by atoms with E-state index in [1.807, 2.05) is 61.1 Å². The lowest BCUT2D eigenvalue weighted by Crippen LogP contribution is -2.20. The normalized spacial score (nSPS) is 11.2. The highest BCUT2D eigenvalue weighted by Crippen LogP contribution is 2.19. The van der Waals surface area contributed by atoms with Gasteiger partial charge in [-0.25, -0.2) is 4.68 Å². The van der Waals surface area contributed by atoms with Crippen molar-refractivity contribution < 1.29 is 0 Å². The second-order valence-electron chi connectivity index (χ2n) is 7.62. The Morgan fingerprint density at radius 3 is 2.32 bits per heavy atom. The third-order valence-electron chi connectivity index (χ3n) is 5.01. The number of hydrogen-bond acceptors (Lipinski definition) is 3. The van der Waals surface area contributed by atoms with Crippen molar-refractivity contribution in [2.75, 3.05) is 11.9 Å². The van der Waals surface area contributed by atoms with Crippen molar-refractivity contribution in [1.29, 1.82) is 0 Å². The number of aromatic nitrogens is 2. The van der Waals surface area contributed by atoms with Crippen LogP contribution in [-0.2, 0) is 13.6 Å². The van der Waals surface area contributed by atoms with Gasteiger partial charge in [0.05, 0.1) is 11.4 Å². The summed E-state index contributed by atoms with van der Waals surface area (Å²) >= 11 is 0. The lowest BCUT2D eigenvalue weighted by molar-refractivity contribution is 0.537. The van der Waals surface area contributed by atoms with Gasteiger partial charge < -0.3 is 10.6 Å². The van der Waals surface area contributed by atoms with Gasteiger partial charge in [0.1, 0.15) is 5.69 Å². The fourth-order valence-electron chi connectivity index (χ4n) is 3.19. The molecule has 0 atom stereocenters. The summed E-state index contributed by atoms with van der Waals surface area (Å²) in [5, 5.41) is 6.78. The molecule has 0 fully saturated rings. The van der Waals surface area contributed by atoms with Gasteiger partial charge in [0.15, 0.2) is 0 Å². The zero-order valence-corrected chi connectivity index (χ0v) is 17.2. The molecule has 0 bridgehead atoms. The summed E-state index contributed by atoms with van der Waals surface area (Å²) in [5.41, 5.74) is 4.46. The topological polar surface area (TPSA) is 51.0 Å². The molecule has 2 N–H and O–H groups in total. The number of benzene rings is 2. The van der Waals surface area contributed by atoms with E-state index in [-0.39, 0.29) is 5.56 Å². The van der Waals surface area contributed by atoms with Crippen LogP contribution in [0.4, 0.5) is 11.4 Å². The second-order valence-corrected chi connectivity index (χ2v) is 7.62. The van der Waals surface area contributed by atoms with E-state index >= 15 is 0 Å². The monoisotopic (exact) mass is 378 g/mol. The Bertz CT molecular complexity index is 953. The Morgan fingerprint density at radius 1 is 1.00 bits per heavy atom. The number of rotatable bonds is 8. The minimum Gasteiger partial charge on any atom is -0.349 e. The lowest BCUT2D eigenvalue weighted by atomic mass is 10.1. The molecule has 0 aliphatic rings. The molecule has 5 nitrogen and oxygen atoms in total. The first-order valence-corrected chi connectivity index (χ1v) is 9.88. The summed E-state index contributed by atoms with van der Waals surface area (Å²) in [7, 11) is 1.90. The van der Waals surface area contributed by atoms with Crippen molar-refractivity contribution in [3.8, 4) is 5.69 Å². The van der Waals surface area contributed by atoms with Crippen LogP contribution in [0.2, 0.25) is 0 Å². The zero-order chi connectivity index (χ0) is 20.1. The standard InChI is InChI=1S/C23H30N4O/c1-17(2)14-15-24-16-19-10-12-20(13-11-19)25-22-18(3)26(4)27(23(22)28)21-8-6-5-7-9-21/h5-13,17,24-25H,14-16H2,1-4H3. The fourth-order valence-corrected chi connectivity index (χ4v) is 3.19. The number of nitrogens with zero attached hydrogens (tertiary/aromatic N) is 2. The molecule has 148 valence electrons. The van der Waals surface area contributed by atoms with Gasteiger partial charge in [0, 0.05) is 19.3 Å². The highest BCUT2D eigenvalue weighted by atomic mass is 16.1. The predicted octanol–water partition coefficient (Wildman–Crippen LogP) is 4.36. The van der Waals surface area contributed by atoms with E-state index in [2.05, 4.69) is 36.6 Å². The molecule has 2 aromatic carbocycles. The van der Waals surface area contributed by atoms with Crippen molar-refractivity contribution in [2.24, 2.45) is 13.0 Å². The van der Waals surface area contributed by atoms with Crippen molar-refractivity contribution in [2.45, 2.75) is 33.7 Å². The van der Waals surface area contributed by atoms with E-state index in [1.165, 1.54) is 12.0 Å². The average molecular weight is 379 g/mol. The van der Waals surface area contributed by atoms with Crippen LogP contribution in [0.1, 0.15) is 31.5 Å². The molecule has 0 unspecified atom stereocenters. The SMILES string of the molecule is Cc1c(Nc2ccc(CNCCC(C)C)cc2)c(=O)n(-c2ccccc2)n1C. The van der Waals surface area contributed by atoms with Gasteiger partial charge in [-0.05, 0) is 55.6 Å². The van der Waals surface area contributed by atoms with Crippen LogP contribution in [0.25, 0.3) is 5.69 Å². The van der Waals surface area contributed by atoms with Crippen LogP contribution < -0.4 is 16.2 Å². The zero-order valence-electron chi connectivity index (χ0n) is 17.2. The Hall–Kier alpha value is -2.79. The third kappa shape index (κ3) is 4.54. The Balaban J connectivity index is 1.73. The molecule has 0 spiro atoms. The molecule has 28 heavy (non-hydrogen) atoms. The Morgan fingerprint density at radius 2 is 1.68 bits per heavy atom. The minimum atomic E-state index is -0.0503. The smallest absolute Gasteiger partial charge is 0.295 e. The molecule has 5 heteroatoms. The van der Waals surface area contributed by atoms with Crippen LogP contribution in [0.3, 0.4) is 0 Å². The minimum absolute atomic E-state index is 0.0503. The van der Waals surface area contributed by atoms with E-state index in [4.69, 9.17) is 0 Å². The van der Waals surface area contributed by atoms with E-state index < -0.39 is 0 Å². The summed E-state index contributed by atoms with van der Waals surface area (Å²) in [4.78, 5) is 13.0. The van der Waals surface area contributed by atoms with Crippen molar-refractivity contribution in [3.05, 3.63) is 76.2 Å². The van der Waals surface area contributed by atoms with E-state index in [0.717, 1.165) is 30.2 Å². The molecule has 0 aliphatic heterocycles. The first-order valence-electron chi connectivity index (χ1n) is 9.88. The summed E-state index contributed by atoms with van der Waals surface area (Å²) in [5.74, 6) is 0.716. The maximum Gasteiger partial charge on any atom is 0.295 e. The second kappa shape index (κ2) is 8.93. The molecule has 0 aliphatic carbocycles. The van der Waals surface area contributed by atoms with E-state index in [0.29, 0.717) is 11.6 Å². The first kappa shape index (κ1) is 20.0. The number of nitrogens with one attached hydrogen (secondary N) is 2. The molecule has 0 saturated heterocycles. The average Bonchev–Trinajstić information content (AvgIpc) is 2.90. The lowest BCUT2D eigenvalue weighted by Gasteiger charge is -2.09. The molecule has 3 rings (SSSR count). The third-order valence-corrected chi connectivity index (χ3v) is 5.01. The van der Waals surface area contributed by atoms with Crippen LogP contribution in [0.15, 0.2) is 59.4 Å². The summed E-state index contributed by atoms with van der Waals surface area (Å²) in [6, 6.07) is 17.9. The quantitative estimate of drug-likeness (QED) is 0.573. The summed E-state index contributed by atoms with van der Waals surface area (Å²) < 4.78 is 3.57. The van der Waals surface area contributed by atoms with Crippen LogP contribution in [0.5, 0.6) is 0 Å². The maximum absolute atomic E-state index is 13.0. The summed E-state index contributed by atoms with van der Waals surface area (Å²) in [6.45, 7) is 8.31. The van der Waals surface area contributed by atoms with E-state index in [9.17, 15) is 4.79 Å². The molecule has 1 heterocycles. The molecule has 0 amide bonds. The Kier molecular flexibility index (Phi) is 6.37. The van der Waals surface area contributed by atoms with Crippen LogP contribution >= 0.6 is 0 Å². The van der Waals surface area contributed by atoms with Gasteiger partial charge >= 0.3 is 0 Å². The Labute approximate surface area is 167 Å². The maximum atomic E-state index is 13.0. The fraction of sp³-hybridized carbons (Fsp3) is 0.348. The number of para-hydroxylation sites is 1. The highest BCUT2D eigenvalue weighted by Gasteiger charge is 2.16. The molecule has 0 saturated carbocycles. The number of anilines is 2. The van der Waals surface area contributed by atoms with Gasteiger partial charge in [-0.1, -0.05) is 44.2 Å². The predicted molar refractivity (Wildman–Crippen MR) is 117 cm³/mol. The molecule has 1 aromatic heterocycles. The van der Waals surface area contributed by atoms with Gasteiger partial charge in [0.25, 0.3) is 5.56 Å². The van der Waals surface area contributed by atoms with Gasteiger partial charge in [0.2, 0.25) is 0 Å². The highest BCUT2D eigenvalue weighted by molar-refractivity contribution is 5.62.